The van der Waals surface area contributed by atoms with Crippen molar-refractivity contribution in [2.45, 2.75) is 57.8 Å². The molecule has 0 aromatic heterocycles. The number of hydrogen-bond donors (Lipinski definition) is 1. The second kappa shape index (κ2) is 6.75. The summed E-state index contributed by atoms with van der Waals surface area (Å²) in [6.07, 6.45) is 1.60. The van der Waals surface area contributed by atoms with Gasteiger partial charge in [0.1, 0.15) is 5.76 Å². The van der Waals surface area contributed by atoms with Crippen LogP contribution in [0.4, 0.5) is 0 Å². The molecule has 0 amide bonds. The maximum Gasteiger partial charge on any atom is 0.176 e. The van der Waals surface area contributed by atoms with Crippen molar-refractivity contribution >= 4 is 21.4 Å². The number of aryl methyl sites for hydroxylation is 2. The molecule has 1 N–H and O–H groups in total. The Morgan fingerprint density at radius 1 is 1.20 bits per heavy atom. The lowest BCUT2D eigenvalue weighted by Gasteiger charge is -2.27. The average molecular weight is 364 g/mol. The lowest BCUT2D eigenvalue weighted by atomic mass is 9.78. The standard InChI is InChI=1S/C19H24O5S/c1-6-14(20)18-15(21)8-13(9-16(18)22)17-10(2)7-11(3)19(12(17)4)25(5,23)24/h7,13,21H,6,8-9H2,1-5H3. The highest BCUT2D eigenvalue weighted by Gasteiger charge is 2.34. The third-order valence-electron chi connectivity index (χ3n) is 4.78. The Balaban J connectivity index is 2.60. The summed E-state index contributed by atoms with van der Waals surface area (Å²) in [7, 11) is -3.41. The number of carbonyl (C=O) groups is 2. The summed E-state index contributed by atoms with van der Waals surface area (Å²) in [4.78, 5) is 24.6. The Bertz CT molecular complexity index is 891. The van der Waals surface area contributed by atoms with Crippen LogP contribution in [0.3, 0.4) is 0 Å². The molecule has 0 radical (unpaired) electrons. The number of benzene rings is 1. The molecule has 136 valence electrons. The van der Waals surface area contributed by atoms with Crippen molar-refractivity contribution < 1.29 is 23.1 Å². The summed E-state index contributed by atoms with van der Waals surface area (Å²) in [5.41, 5.74) is 2.86. The molecule has 1 aromatic rings. The lowest BCUT2D eigenvalue weighted by Crippen LogP contribution is -2.24. The first kappa shape index (κ1) is 19.4. The molecular formula is C19H24O5S. The van der Waals surface area contributed by atoms with E-state index >= 15 is 0 Å². The van der Waals surface area contributed by atoms with E-state index in [1.165, 1.54) is 6.26 Å². The molecule has 0 heterocycles. The van der Waals surface area contributed by atoms with Crippen LogP contribution >= 0.6 is 0 Å². The summed E-state index contributed by atoms with van der Waals surface area (Å²) in [6, 6.07) is 1.80. The topological polar surface area (TPSA) is 88.5 Å². The monoisotopic (exact) mass is 364 g/mol. The van der Waals surface area contributed by atoms with Crippen LogP contribution < -0.4 is 0 Å². The van der Waals surface area contributed by atoms with Gasteiger partial charge in [0.05, 0.1) is 10.5 Å². The lowest BCUT2D eigenvalue weighted by molar-refractivity contribution is -0.122. The number of aliphatic hydroxyl groups is 1. The van der Waals surface area contributed by atoms with Crippen molar-refractivity contribution in [3.8, 4) is 0 Å². The molecule has 2 rings (SSSR count). The van der Waals surface area contributed by atoms with E-state index in [0.717, 1.165) is 11.1 Å². The Morgan fingerprint density at radius 2 is 1.80 bits per heavy atom. The minimum Gasteiger partial charge on any atom is -0.511 e. The summed E-state index contributed by atoms with van der Waals surface area (Å²) < 4.78 is 24.3. The van der Waals surface area contributed by atoms with Crippen LogP contribution in [-0.4, -0.2) is 31.3 Å². The first-order valence-corrected chi connectivity index (χ1v) is 10.2. The van der Waals surface area contributed by atoms with E-state index in [2.05, 4.69) is 0 Å². The number of carbonyl (C=O) groups excluding carboxylic acids is 2. The smallest absolute Gasteiger partial charge is 0.176 e. The van der Waals surface area contributed by atoms with E-state index in [1.54, 1.807) is 26.8 Å². The number of Topliss-reactive ketones (excluding diaryl/α,β-unsaturated/α-hetero) is 2. The molecule has 0 bridgehead atoms. The van der Waals surface area contributed by atoms with Gasteiger partial charge in [-0.25, -0.2) is 8.42 Å². The fourth-order valence-electron chi connectivity index (χ4n) is 3.97. The zero-order chi connectivity index (χ0) is 19.1. The highest BCUT2D eigenvalue weighted by Crippen LogP contribution is 2.39. The van der Waals surface area contributed by atoms with Gasteiger partial charge in [-0.05, 0) is 48.9 Å². The van der Waals surface area contributed by atoms with Gasteiger partial charge in [-0.2, -0.15) is 0 Å². The SMILES string of the molecule is CCC(=O)C1=C(O)CC(c2c(C)cc(C)c(S(C)(=O)=O)c2C)CC1=O. The molecule has 1 unspecified atom stereocenters. The van der Waals surface area contributed by atoms with Crippen LogP contribution in [0.2, 0.25) is 0 Å². The Morgan fingerprint density at radius 3 is 2.28 bits per heavy atom. The minimum atomic E-state index is -3.41. The van der Waals surface area contributed by atoms with Gasteiger partial charge in [0, 0.05) is 25.5 Å². The fraction of sp³-hybridized carbons (Fsp3) is 0.474. The molecule has 1 aliphatic carbocycles. The van der Waals surface area contributed by atoms with E-state index < -0.39 is 9.84 Å². The zero-order valence-electron chi connectivity index (χ0n) is 15.3. The molecule has 1 aliphatic rings. The minimum absolute atomic E-state index is 0.0931. The largest absolute Gasteiger partial charge is 0.511 e. The van der Waals surface area contributed by atoms with E-state index in [4.69, 9.17) is 0 Å². The number of ketones is 2. The van der Waals surface area contributed by atoms with Gasteiger partial charge in [-0.1, -0.05) is 13.0 Å². The molecular weight excluding hydrogens is 340 g/mol. The number of allylic oxidation sites excluding steroid dienone is 2. The predicted molar refractivity (Wildman–Crippen MR) is 95.7 cm³/mol. The molecule has 0 fully saturated rings. The number of sulfone groups is 1. The molecule has 0 saturated heterocycles. The Labute approximate surface area is 148 Å². The van der Waals surface area contributed by atoms with Crippen LogP contribution in [0.15, 0.2) is 22.3 Å². The van der Waals surface area contributed by atoms with Gasteiger partial charge in [0.2, 0.25) is 0 Å². The molecule has 1 atom stereocenters. The third kappa shape index (κ3) is 3.54. The molecule has 5 nitrogen and oxygen atoms in total. The van der Waals surface area contributed by atoms with Crippen LogP contribution in [0.25, 0.3) is 0 Å². The van der Waals surface area contributed by atoms with Gasteiger partial charge in [-0.15, -0.1) is 0 Å². The highest BCUT2D eigenvalue weighted by atomic mass is 32.2. The summed E-state index contributed by atoms with van der Waals surface area (Å²) >= 11 is 0. The number of rotatable bonds is 4. The molecule has 0 saturated carbocycles. The van der Waals surface area contributed by atoms with Crippen molar-refractivity contribution in [1.82, 2.24) is 0 Å². The molecule has 0 spiro atoms. The average Bonchev–Trinajstić information content (AvgIpc) is 2.43. The normalized spacial score (nSPS) is 18.6. The van der Waals surface area contributed by atoms with Crippen LogP contribution in [0.1, 0.15) is 54.4 Å². The quantitative estimate of drug-likeness (QED) is 0.829. The van der Waals surface area contributed by atoms with Gasteiger partial charge < -0.3 is 5.11 Å². The van der Waals surface area contributed by atoms with Crippen molar-refractivity contribution in [1.29, 1.82) is 0 Å². The Hall–Kier alpha value is -1.95. The maximum absolute atomic E-state index is 12.4. The van der Waals surface area contributed by atoms with Crippen molar-refractivity contribution in [3.63, 3.8) is 0 Å². The second-order valence-electron chi connectivity index (χ2n) is 6.78. The van der Waals surface area contributed by atoms with Crippen LogP contribution in [0, 0.1) is 20.8 Å². The summed E-state index contributed by atoms with van der Waals surface area (Å²) in [5.74, 6) is -1.24. The van der Waals surface area contributed by atoms with Crippen LogP contribution in [0.5, 0.6) is 0 Å². The Kier molecular flexibility index (Phi) is 5.23. The van der Waals surface area contributed by atoms with E-state index in [-0.39, 0.29) is 53.0 Å². The maximum atomic E-state index is 12.4. The first-order valence-electron chi connectivity index (χ1n) is 8.28. The van der Waals surface area contributed by atoms with E-state index in [0.29, 0.717) is 11.1 Å². The van der Waals surface area contributed by atoms with Gasteiger partial charge in [0.25, 0.3) is 0 Å². The third-order valence-corrected chi connectivity index (χ3v) is 6.15. The number of hydrogen-bond acceptors (Lipinski definition) is 5. The second-order valence-corrected chi connectivity index (χ2v) is 8.73. The van der Waals surface area contributed by atoms with Crippen molar-refractivity contribution in [3.05, 3.63) is 39.7 Å². The molecule has 1 aromatic carbocycles. The first-order chi connectivity index (χ1) is 11.5. The van der Waals surface area contributed by atoms with Crippen LogP contribution in [-0.2, 0) is 19.4 Å². The van der Waals surface area contributed by atoms with Crippen molar-refractivity contribution in [2.75, 3.05) is 6.26 Å². The summed E-state index contributed by atoms with van der Waals surface area (Å²) in [5, 5.41) is 10.3. The van der Waals surface area contributed by atoms with Crippen molar-refractivity contribution in [2.24, 2.45) is 0 Å². The van der Waals surface area contributed by atoms with E-state index in [9.17, 15) is 23.1 Å². The fourth-order valence-corrected chi connectivity index (χ4v) is 5.28. The molecule has 6 heteroatoms. The molecule has 0 aliphatic heterocycles. The zero-order valence-corrected chi connectivity index (χ0v) is 16.1. The number of aliphatic hydroxyl groups excluding tert-OH is 1. The van der Waals surface area contributed by atoms with Gasteiger partial charge >= 0.3 is 0 Å². The summed E-state index contributed by atoms with van der Waals surface area (Å²) in [6.45, 7) is 7.01. The van der Waals surface area contributed by atoms with Gasteiger partial charge in [0.15, 0.2) is 21.4 Å². The highest BCUT2D eigenvalue weighted by molar-refractivity contribution is 7.90. The van der Waals surface area contributed by atoms with Gasteiger partial charge in [-0.3, -0.25) is 9.59 Å². The molecule has 25 heavy (non-hydrogen) atoms. The predicted octanol–water partition coefficient (Wildman–Crippen LogP) is 3.25. The van der Waals surface area contributed by atoms with E-state index in [1.807, 2.05) is 6.92 Å².